The molecular weight excluding hydrogens is 304 g/mol. The minimum absolute atomic E-state index is 0.235. The van der Waals surface area contributed by atoms with Gasteiger partial charge in [-0.05, 0) is 31.0 Å². The zero-order valence-corrected chi connectivity index (χ0v) is 13.3. The predicted octanol–water partition coefficient (Wildman–Crippen LogP) is 0.993. The predicted molar refractivity (Wildman–Crippen MR) is 86.0 cm³/mol. The van der Waals surface area contributed by atoms with E-state index in [-0.39, 0.29) is 10.9 Å². The molecule has 0 saturated carbocycles. The molecule has 1 aromatic rings. The van der Waals surface area contributed by atoms with Gasteiger partial charge in [-0.25, -0.2) is 18.1 Å². The second-order valence-electron chi connectivity index (χ2n) is 5.33. The molecule has 0 radical (unpaired) electrons. The number of anilines is 2. The second kappa shape index (κ2) is 6.13. The molecule has 0 amide bonds. The molecule has 1 fully saturated rings. The van der Waals surface area contributed by atoms with Crippen molar-refractivity contribution in [3.63, 3.8) is 0 Å². The summed E-state index contributed by atoms with van der Waals surface area (Å²) in [5.41, 5.74) is 1.50. The highest BCUT2D eigenvalue weighted by atomic mass is 32.2. The highest BCUT2D eigenvalue weighted by molar-refractivity contribution is 7.90. The van der Waals surface area contributed by atoms with Gasteiger partial charge in [0, 0.05) is 25.9 Å². The molecule has 120 valence electrons. The number of benzene rings is 1. The minimum Gasteiger partial charge on any atom is -0.383 e. The van der Waals surface area contributed by atoms with E-state index in [2.05, 4.69) is 19.9 Å². The van der Waals surface area contributed by atoms with Gasteiger partial charge >= 0.3 is 0 Å². The number of nitrogens with zero attached hydrogens (tertiary/aromatic N) is 2. The summed E-state index contributed by atoms with van der Waals surface area (Å²) in [6.45, 7) is 2.78. The number of aliphatic imine (C=N–C) groups is 1. The molecule has 0 aromatic heterocycles. The number of methoxy groups -OCH3 is 1. The summed E-state index contributed by atoms with van der Waals surface area (Å²) in [5, 5.41) is 3.01. The molecule has 1 aromatic carbocycles. The lowest BCUT2D eigenvalue weighted by atomic mass is 10.2. The van der Waals surface area contributed by atoms with Crippen LogP contribution in [0.2, 0.25) is 0 Å². The summed E-state index contributed by atoms with van der Waals surface area (Å²) >= 11 is 0. The van der Waals surface area contributed by atoms with Crippen molar-refractivity contribution in [2.24, 2.45) is 4.99 Å². The van der Waals surface area contributed by atoms with Gasteiger partial charge in [0.15, 0.2) is 0 Å². The molecular formula is C14H20N4O3S. The van der Waals surface area contributed by atoms with Gasteiger partial charge in [-0.3, -0.25) is 0 Å². The van der Waals surface area contributed by atoms with Crippen LogP contribution in [0, 0.1) is 0 Å². The van der Waals surface area contributed by atoms with E-state index in [9.17, 15) is 8.42 Å². The molecule has 0 unspecified atom stereocenters. The minimum atomic E-state index is -3.59. The van der Waals surface area contributed by atoms with Crippen molar-refractivity contribution in [3.05, 3.63) is 18.2 Å². The van der Waals surface area contributed by atoms with Gasteiger partial charge < -0.3 is 15.0 Å². The quantitative estimate of drug-likeness (QED) is 0.807. The van der Waals surface area contributed by atoms with Crippen LogP contribution in [0.15, 0.2) is 28.1 Å². The molecule has 0 aliphatic carbocycles. The van der Waals surface area contributed by atoms with E-state index in [1.807, 2.05) is 6.07 Å². The van der Waals surface area contributed by atoms with Crippen molar-refractivity contribution >= 4 is 27.4 Å². The van der Waals surface area contributed by atoms with Gasteiger partial charge in [0.25, 0.3) is 10.0 Å². The Balaban J connectivity index is 1.88. The van der Waals surface area contributed by atoms with Gasteiger partial charge in [0.2, 0.25) is 5.96 Å². The van der Waals surface area contributed by atoms with Crippen LogP contribution in [0.3, 0.4) is 0 Å². The molecule has 2 aliphatic rings. The first-order valence-corrected chi connectivity index (χ1v) is 8.81. The Bertz CT molecular complexity index is 681. The van der Waals surface area contributed by atoms with Crippen LogP contribution in [-0.4, -0.2) is 47.7 Å². The Kier molecular flexibility index (Phi) is 4.21. The normalized spacial score (nSPS) is 21.3. The van der Waals surface area contributed by atoms with E-state index in [0.29, 0.717) is 18.8 Å². The Labute approximate surface area is 130 Å². The summed E-state index contributed by atoms with van der Waals surface area (Å²) in [6, 6.07) is 5.47. The van der Waals surface area contributed by atoms with Crippen LogP contribution in [0.1, 0.15) is 12.8 Å². The lowest BCUT2D eigenvalue weighted by Gasteiger charge is -2.24. The third-order valence-electron chi connectivity index (χ3n) is 3.78. The van der Waals surface area contributed by atoms with Gasteiger partial charge in [-0.1, -0.05) is 0 Å². The molecule has 2 N–H and O–H groups in total. The van der Waals surface area contributed by atoms with Crippen LogP contribution in [-0.2, 0) is 14.8 Å². The number of hydrogen-bond acceptors (Lipinski definition) is 5. The van der Waals surface area contributed by atoms with E-state index in [4.69, 9.17) is 4.74 Å². The topological polar surface area (TPSA) is 83.0 Å². The Morgan fingerprint density at radius 2 is 2.09 bits per heavy atom. The van der Waals surface area contributed by atoms with Crippen LogP contribution in [0.4, 0.5) is 11.4 Å². The first-order chi connectivity index (χ1) is 10.6. The lowest BCUT2D eigenvalue weighted by Crippen LogP contribution is -2.41. The summed E-state index contributed by atoms with van der Waals surface area (Å²) in [4.78, 5) is 6.62. The number of sulfonamides is 1. The van der Waals surface area contributed by atoms with E-state index < -0.39 is 10.0 Å². The van der Waals surface area contributed by atoms with Gasteiger partial charge in [0.05, 0.1) is 18.8 Å². The zero-order valence-electron chi connectivity index (χ0n) is 12.5. The zero-order chi connectivity index (χ0) is 15.6. The highest BCUT2D eigenvalue weighted by Gasteiger charge is 2.27. The van der Waals surface area contributed by atoms with Crippen molar-refractivity contribution in [2.45, 2.75) is 17.7 Å². The largest absolute Gasteiger partial charge is 0.383 e. The summed E-state index contributed by atoms with van der Waals surface area (Å²) in [6.07, 6.45) is 2.30. The molecule has 0 bridgehead atoms. The number of nitrogens with one attached hydrogen (secondary N) is 2. The van der Waals surface area contributed by atoms with E-state index in [0.717, 1.165) is 31.6 Å². The lowest BCUT2D eigenvalue weighted by molar-refractivity contribution is 0.208. The second-order valence-corrected chi connectivity index (χ2v) is 6.98. The van der Waals surface area contributed by atoms with Crippen LogP contribution < -0.4 is 14.9 Å². The standard InChI is InChI=1S/C14H20N4O3S/c1-21-9-6-15-14-16-12-5-4-11(18-7-2-3-8-18)10-13(12)22(19,20)17-14/h4-5,10H,2-3,6-9H2,1H3,(H2,15,16,17). The van der Waals surface area contributed by atoms with Crippen LogP contribution >= 0.6 is 0 Å². The average Bonchev–Trinajstić information content (AvgIpc) is 3.01. The van der Waals surface area contributed by atoms with E-state index >= 15 is 0 Å². The third-order valence-corrected chi connectivity index (χ3v) is 5.15. The van der Waals surface area contributed by atoms with Crippen LogP contribution in [0.25, 0.3) is 0 Å². The monoisotopic (exact) mass is 324 g/mol. The average molecular weight is 324 g/mol. The molecule has 7 nitrogen and oxygen atoms in total. The summed E-state index contributed by atoms with van der Waals surface area (Å²) in [5.74, 6) is 0.235. The number of ether oxygens (including phenoxy) is 1. The van der Waals surface area contributed by atoms with Crippen molar-refractivity contribution in [1.82, 2.24) is 4.72 Å². The molecule has 3 rings (SSSR count). The van der Waals surface area contributed by atoms with E-state index in [1.165, 1.54) is 0 Å². The fraction of sp³-hybridized carbons (Fsp3) is 0.500. The summed E-state index contributed by atoms with van der Waals surface area (Å²) in [7, 11) is -2.01. The number of fused-ring (bicyclic) bond motifs is 1. The third kappa shape index (κ3) is 3.02. The maximum Gasteiger partial charge on any atom is 0.266 e. The van der Waals surface area contributed by atoms with Gasteiger partial charge in [-0.2, -0.15) is 0 Å². The summed E-state index contributed by atoms with van der Waals surface area (Å²) < 4.78 is 32.2. The Hall–Kier alpha value is -1.80. The van der Waals surface area contributed by atoms with Gasteiger partial charge in [-0.15, -0.1) is 0 Å². The number of rotatable bonds is 4. The SMILES string of the molecule is COCCN=C1Nc2ccc(N3CCCC3)cc2S(=O)(=O)N1. The molecule has 0 spiro atoms. The smallest absolute Gasteiger partial charge is 0.266 e. The molecule has 1 saturated heterocycles. The van der Waals surface area contributed by atoms with Crippen LogP contribution in [0.5, 0.6) is 0 Å². The fourth-order valence-electron chi connectivity index (χ4n) is 2.66. The molecule has 2 heterocycles. The van der Waals surface area contributed by atoms with Crippen molar-refractivity contribution in [1.29, 1.82) is 0 Å². The Morgan fingerprint density at radius 3 is 2.82 bits per heavy atom. The Morgan fingerprint density at radius 1 is 1.32 bits per heavy atom. The van der Waals surface area contributed by atoms with Crippen molar-refractivity contribution in [3.8, 4) is 0 Å². The van der Waals surface area contributed by atoms with Crippen molar-refractivity contribution in [2.75, 3.05) is 43.6 Å². The van der Waals surface area contributed by atoms with Crippen molar-refractivity contribution < 1.29 is 13.2 Å². The molecule has 2 aliphatic heterocycles. The number of guanidine groups is 1. The van der Waals surface area contributed by atoms with E-state index in [1.54, 1.807) is 19.2 Å². The molecule has 22 heavy (non-hydrogen) atoms. The first-order valence-electron chi connectivity index (χ1n) is 7.32. The maximum absolute atomic E-state index is 12.4. The maximum atomic E-state index is 12.4. The van der Waals surface area contributed by atoms with Gasteiger partial charge in [0.1, 0.15) is 4.90 Å². The molecule has 0 atom stereocenters. The fourth-order valence-corrected chi connectivity index (χ4v) is 3.83. The highest BCUT2D eigenvalue weighted by Crippen LogP contribution is 2.30. The molecule has 8 heteroatoms. The first kappa shape index (κ1) is 15.1. The number of hydrogen-bond donors (Lipinski definition) is 2.